The van der Waals surface area contributed by atoms with E-state index in [-0.39, 0.29) is 30.0 Å². The molecule has 0 bridgehead atoms. The van der Waals surface area contributed by atoms with Crippen molar-refractivity contribution in [2.24, 2.45) is 0 Å². The Morgan fingerprint density at radius 3 is 2.79 bits per heavy atom. The number of thiophene rings is 1. The largest absolute Gasteiger partial charge is 0.467 e. The van der Waals surface area contributed by atoms with Crippen LogP contribution in [-0.2, 0) is 16.1 Å². The van der Waals surface area contributed by atoms with Crippen LogP contribution in [0.15, 0.2) is 93.1 Å². The number of benzene rings is 1. The molecule has 5 rings (SSSR count). The van der Waals surface area contributed by atoms with Crippen molar-refractivity contribution in [1.82, 2.24) is 20.2 Å². The van der Waals surface area contributed by atoms with Gasteiger partial charge in [0.15, 0.2) is 5.16 Å². The van der Waals surface area contributed by atoms with Crippen LogP contribution in [0.1, 0.15) is 18.7 Å². The first kappa shape index (κ1) is 25.6. The van der Waals surface area contributed by atoms with Gasteiger partial charge in [-0.1, -0.05) is 48.2 Å². The van der Waals surface area contributed by atoms with Crippen LogP contribution in [0.3, 0.4) is 0 Å². The fourth-order valence-corrected chi connectivity index (χ4v) is 6.18. The molecule has 1 atom stereocenters. The van der Waals surface area contributed by atoms with E-state index in [9.17, 15) is 14.4 Å². The average Bonchev–Trinajstić information content (AvgIpc) is 3.60. The highest BCUT2D eigenvalue weighted by Crippen LogP contribution is 2.34. The van der Waals surface area contributed by atoms with E-state index in [1.807, 2.05) is 36.4 Å². The maximum absolute atomic E-state index is 13.4. The summed E-state index contributed by atoms with van der Waals surface area (Å²) in [6.07, 6.45) is 3.10. The van der Waals surface area contributed by atoms with Crippen LogP contribution in [0, 0.1) is 0 Å². The minimum Gasteiger partial charge on any atom is -0.467 e. The molecule has 0 aliphatic carbocycles. The molecular weight excluding hydrogens is 524 g/mol. The number of nitrogens with zero attached hydrogens (tertiary/aromatic N) is 2. The number of ether oxygens (including phenoxy) is 1. The van der Waals surface area contributed by atoms with Crippen LogP contribution in [0.25, 0.3) is 20.7 Å². The topological polar surface area (TPSA) is 115 Å². The molecular formula is C27H24N4O5S2. The maximum atomic E-state index is 13.4. The van der Waals surface area contributed by atoms with Crippen molar-refractivity contribution in [3.63, 3.8) is 0 Å². The van der Waals surface area contributed by atoms with E-state index in [2.05, 4.69) is 17.2 Å². The summed E-state index contributed by atoms with van der Waals surface area (Å²) in [7, 11) is 0. The van der Waals surface area contributed by atoms with E-state index in [4.69, 9.17) is 14.1 Å². The Morgan fingerprint density at radius 2 is 2.08 bits per heavy atom. The second kappa shape index (κ2) is 11.1. The number of nitrogens with one attached hydrogen (secondary N) is 2. The normalized spacial score (nSPS) is 15.3. The number of allylic oxidation sites excluding steroid dienone is 1. The summed E-state index contributed by atoms with van der Waals surface area (Å²) in [6.45, 7) is 5.92. The van der Waals surface area contributed by atoms with Crippen LogP contribution in [0.5, 0.6) is 0 Å². The number of hydrogen-bond donors (Lipinski definition) is 2. The maximum Gasteiger partial charge on any atom is 0.338 e. The zero-order valence-corrected chi connectivity index (χ0v) is 22.1. The summed E-state index contributed by atoms with van der Waals surface area (Å²) in [5, 5.41) is 6.43. The lowest BCUT2D eigenvalue weighted by atomic mass is 10.0. The molecule has 3 aromatic heterocycles. The number of esters is 1. The molecule has 2 amide bonds. The van der Waals surface area contributed by atoms with Gasteiger partial charge in [-0.2, -0.15) is 0 Å². The van der Waals surface area contributed by atoms with Gasteiger partial charge in [0.2, 0.25) is 0 Å². The second-order valence-corrected chi connectivity index (χ2v) is 10.2. The van der Waals surface area contributed by atoms with Gasteiger partial charge >= 0.3 is 12.0 Å². The van der Waals surface area contributed by atoms with Gasteiger partial charge in [0.1, 0.15) is 16.6 Å². The number of carbonyl (C=O) groups is 2. The van der Waals surface area contributed by atoms with Gasteiger partial charge in [0.05, 0.1) is 23.8 Å². The first-order chi connectivity index (χ1) is 18.5. The summed E-state index contributed by atoms with van der Waals surface area (Å²) < 4.78 is 12.3. The highest BCUT2D eigenvalue weighted by molar-refractivity contribution is 7.99. The fraction of sp³-hybridized carbons (Fsp3) is 0.185. The molecule has 4 heterocycles. The van der Waals surface area contributed by atoms with Crippen molar-refractivity contribution in [3.05, 3.63) is 94.8 Å². The van der Waals surface area contributed by atoms with Gasteiger partial charge < -0.3 is 19.8 Å². The molecule has 9 nitrogen and oxygen atoms in total. The molecule has 1 aromatic carbocycles. The predicted molar refractivity (Wildman–Crippen MR) is 147 cm³/mol. The van der Waals surface area contributed by atoms with Crippen LogP contribution < -0.4 is 16.2 Å². The molecule has 0 unspecified atom stereocenters. The first-order valence-corrected chi connectivity index (χ1v) is 13.6. The molecule has 194 valence electrons. The second-order valence-electron chi connectivity index (χ2n) is 8.24. The van der Waals surface area contributed by atoms with Gasteiger partial charge in [-0.05, 0) is 30.7 Å². The molecule has 0 fully saturated rings. The smallest absolute Gasteiger partial charge is 0.338 e. The van der Waals surface area contributed by atoms with E-state index < -0.39 is 18.0 Å². The minimum atomic E-state index is -0.815. The third-order valence-electron chi connectivity index (χ3n) is 5.81. The number of carbonyl (C=O) groups excluding carboxylic acids is 2. The summed E-state index contributed by atoms with van der Waals surface area (Å²) >= 11 is 2.68. The first-order valence-electron chi connectivity index (χ1n) is 11.8. The Balaban J connectivity index is 1.54. The molecule has 0 saturated heterocycles. The van der Waals surface area contributed by atoms with Crippen molar-refractivity contribution >= 4 is 45.3 Å². The Kier molecular flexibility index (Phi) is 7.47. The zero-order valence-electron chi connectivity index (χ0n) is 20.4. The van der Waals surface area contributed by atoms with Crippen LogP contribution in [0.2, 0.25) is 0 Å². The quantitative estimate of drug-likeness (QED) is 0.133. The summed E-state index contributed by atoms with van der Waals surface area (Å²) in [4.78, 5) is 45.3. The molecule has 1 aliphatic rings. The lowest BCUT2D eigenvalue weighted by Gasteiger charge is -2.27. The Hall–Kier alpha value is -4.09. The molecule has 1 aliphatic heterocycles. The molecule has 38 heavy (non-hydrogen) atoms. The van der Waals surface area contributed by atoms with Gasteiger partial charge in [-0.3, -0.25) is 9.36 Å². The fourth-order valence-electron chi connectivity index (χ4n) is 4.13. The molecule has 4 aromatic rings. The SMILES string of the molecule is C=CCn1c(SCC2=C(C(=O)OCC)[C@@H](c3ccco3)NC(=O)N2)nc2sc(-c3ccccc3)cc2c1=O. The minimum absolute atomic E-state index is 0.158. The third-order valence-corrected chi connectivity index (χ3v) is 7.89. The standard InChI is InChI=1S/C27H24N4O5S2/c1-3-12-31-24(32)17-14-20(16-9-6-5-7-10-16)38-23(17)30-27(31)37-15-18-21(25(33)35-4-2)22(29-26(34)28-18)19-11-8-13-36-19/h3,5-11,13-14,22H,1,4,12,15H2,2H3,(H2,28,29,34)/t22-/m1/s1. The molecule has 0 saturated carbocycles. The highest BCUT2D eigenvalue weighted by atomic mass is 32.2. The van der Waals surface area contributed by atoms with E-state index >= 15 is 0 Å². The van der Waals surface area contributed by atoms with Crippen molar-refractivity contribution in [3.8, 4) is 10.4 Å². The Bertz CT molecular complexity index is 1590. The number of furan rings is 1. The number of urea groups is 1. The lowest BCUT2D eigenvalue weighted by Crippen LogP contribution is -2.46. The van der Waals surface area contributed by atoms with Gasteiger partial charge in [-0.25, -0.2) is 14.6 Å². The monoisotopic (exact) mass is 548 g/mol. The van der Waals surface area contributed by atoms with E-state index in [0.717, 1.165) is 10.4 Å². The van der Waals surface area contributed by atoms with Crippen molar-refractivity contribution in [2.75, 3.05) is 12.4 Å². The summed E-state index contributed by atoms with van der Waals surface area (Å²) in [6, 6.07) is 13.7. The molecule has 0 spiro atoms. The van der Waals surface area contributed by atoms with Crippen molar-refractivity contribution in [2.45, 2.75) is 24.7 Å². The van der Waals surface area contributed by atoms with Crippen molar-refractivity contribution in [1.29, 1.82) is 0 Å². The lowest BCUT2D eigenvalue weighted by molar-refractivity contribution is -0.139. The van der Waals surface area contributed by atoms with Crippen LogP contribution >= 0.6 is 23.1 Å². The van der Waals surface area contributed by atoms with Gasteiger partial charge in [0, 0.05) is 22.9 Å². The summed E-state index contributed by atoms with van der Waals surface area (Å²) in [5.41, 5.74) is 1.41. The summed E-state index contributed by atoms with van der Waals surface area (Å²) in [5.74, 6) is -0.0136. The predicted octanol–water partition coefficient (Wildman–Crippen LogP) is 4.87. The molecule has 11 heteroatoms. The van der Waals surface area contributed by atoms with E-state index in [0.29, 0.717) is 26.8 Å². The van der Waals surface area contributed by atoms with E-state index in [1.54, 1.807) is 29.7 Å². The molecule has 2 N–H and O–H groups in total. The Labute approximate surface area is 226 Å². The number of thioether (sulfide) groups is 1. The number of amides is 2. The highest BCUT2D eigenvalue weighted by Gasteiger charge is 2.35. The van der Waals surface area contributed by atoms with Crippen molar-refractivity contribution < 1.29 is 18.7 Å². The Morgan fingerprint density at radius 1 is 1.26 bits per heavy atom. The number of aromatic nitrogens is 2. The number of hydrogen-bond acceptors (Lipinski definition) is 8. The van der Waals surface area contributed by atoms with Gasteiger partial charge in [-0.15, -0.1) is 17.9 Å². The van der Waals surface area contributed by atoms with Crippen LogP contribution in [-0.4, -0.2) is 33.9 Å². The van der Waals surface area contributed by atoms with E-state index in [1.165, 1.54) is 29.4 Å². The molecule has 0 radical (unpaired) electrons. The average molecular weight is 549 g/mol. The number of fused-ring (bicyclic) bond motifs is 1. The zero-order chi connectivity index (χ0) is 26.6. The third kappa shape index (κ3) is 5.02. The number of rotatable bonds is 9. The van der Waals surface area contributed by atoms with Crippen LogP contribution in [0.4, 0.5) is 4.79 Å². The van der Waals surface area contributed by atoms with Gasteiger partial charge in [0.25, 0.3) is 5.56 Å².